The van der Waals surface area contributed by atoms with Crippen molar-refractivity contribution in [1.82, 2.24) is 0 Å². The van der Waals surface area contributed by atoms with Crippen LogP contribution >= 0.6 is 11.6 Å². The smallest absolute Gasteiger partial charge is 0.337 e. The van der Waals surface area contributed by atoms with Crippen molar-refractivity contribution in [2.24, 2.45) is 0 Å². The molecule has 1 aromatic rings. The topological polar surface area (TPSA) is 37.3 Å². The first-order valence-electron chi connectivity index (χ1n) is 2.96. The Labute approximate surface area is 69.4 Å². The van der Waals surface area contributed by atoms with E-state index in [2.05, 4.69) is 6.92 Å². The van der Waals surface area contributed by atoms with Gasteiger partial charge in [-0.05, 0) is 18.6 Å². The first-order valence-corrected chi connectivity index (χ1v) is 3.34. The van der Waals surface area contributed by atoms with Gasteiger partial charge in [-0.1, -0.05) is 23.7 Å². The normalized spacial score (nSPS) is 9.64. The lowest BCUT2D eigenvalue weighted by Gasteiger charge is -2.00. The Kier molecular flexibility index (Phi) is 2.15. The predicted octanol–water partition coefficient (Wildman–Crippen LogP) is 2.22. The van der Waals surface area contributed by atoms with Crippen molar-refractivity contribution in [2.75, 3.05) is 0 Å². The highest BCUT2D eigenvalue weighted by Gasteiger charge is 2.10. The average molecular weight is 170 g/mol. The highest BCUT2D eigenvalue weighted by atomic mass is 35.5. The summed E-state index contributed by atoms with van der Waals surface area (Å²) < 4.78 is 0. The standard InChI is InChI=1S/C8H6ClO2/c1-5-3-2-4-6(9)7(5)8(10)11/h2-4H,1H2,(H,10,11). The monoisotopic (exact) mass is 169 g/mol. The molecule has 1 aromatic carbocycles. The van der Waals surface area contributed by atoms with E-state index in [1.165, 1.54) is 6.07 Å². The number of hydrogen-bond acceptors (Lipinski definition) is 1. The first-order chi connectivity index (χ1) is 5.13. The van der Waals surface area contributed by atoms with Crippen molar-refractivity contribution >= 4 is 17.6 Å². The molecule has 1 N–H and O–H groups in total. The number of carboxylic acid groups (broad SMARTS) is 1. The van der Waals surface area contributed by atoms with Crippen molar-refractivity contribution in [3.63, 3.8) is 0 Å². The molecule has 0 aliphatic rings. The molecule has 0 aliphatic carbocycles. The van der Waals surface area contributed by atoms with Crippen LogP contribution in [0.2, 0.25) is 5.02 Å². The maximum atomic E-state index is 10.5. The lowest BCUT2D eigenvalue weighted by atomic mass is 10.1. The molecular weight excluding hydrogens is 164 g/mol. The molecule has 3 heteroatoms. The Bertz CT molecular complexity index is 274. The zero-order valence-electron chi connectivity index (χ0n) is 5.67. The van der Waals surface area contributed by atoms with Crippen LogP contribution in [-0.2, 0) is 0 Å². The maximum Gasteiger partial charge on any atom is 0.337 e. The van der Waals surface area contributed by atoms with Gasteiger partial charge in [0.1, 0.15) is 0 Å². The highest BCUT2D eigenvalue weighted by molar-refractivity contribution is 6.33. The highest BCUT2D eigenvalue weighted by Crippen LogP contribution is 2.18. The van der Waals surface area contributed by atoms with Crippen LogP contribution in [0.3, 0.4) is 0 Å². The Balaban J connectivity index is 3.32. The van der Waals surface area contributed by atoms with Gasteiger partial charge in [0.25, 0.3) is 0 Å². The molecule has 2 nitrogen and oxygen atoms in total. The van der Waals surface area contributed by atoms with Crippen LogP contribution < -0.4 is 0 Å². The molecule has 1 radical (unpaired) electrons. The van der Waals surface area contributed by atoms with Gasteiger partial charge in [-0.2, -0.15) is 0 Å². The van der Waals surface area contributed by atoms with Gasteiger partial charge in [-0.15, -0.1) is 0 Å². The van der Waals surface area contributed by atoms with E-state index in [9.17, 15) is 4.79 Å². The van der Waals surface area contributed by atoms with Crippen LogP contribution in [0, 0.1) is 6.92 Å². The van der Waals surface area contributed by atoms with Crippen LogP contribution in [0.4, 0.5) is 0 Å². The number of halogens is 1. The predicted molar refractivity (Wildman–Crippen MR) is 42.9 cm³/mol. The summed E-state index contributed by atoms with van der Waals surface area (Å²) >= 11 is 5.60. The summed E-state index contributed by atoms with van der Waals surface area (Å²) in [7, 11) is 0. The summed E-state index contributed by atoms with van der Waals surface area (Å²) in [6, 6.07) is 4.80. The van der Waals surface area contributed by atoms with E-state index in [-0.39, 0.29) is 10.6 Å². The van der Waals surface area contributed by atoms with Gasteiger partial charge < -0.3 is 5.11 Å². The van der Waals surface area contributed by atoms with Gasteiger partial charge >= 0.3 is 5.97 Å². The lowest BCUT2D eigenvalue weighted by Crippen LogP contribution is -1.99. The van der Waals surface area contributed by atoms with Crippen molar-refractivity contribution in [3.05, 3.63) is 41.3 Å². The SMILES string of the molecule is [CH2]c1cccc(Cl)c1C(=O)O. The van der Waals surface area contributed by atoms with Gasteiger partial charge in [-0.25, -0.2) is 4.79 Å². The minimum atomic E-state index is -1.04. The average Bonchev–Trinajstić information content (AvgIpc) is 1.85. The molecule has 0 saturated heterocycles. The Morgan fingerprint density at radius 1 is 1.55 bits per heavy atom. The third kappa shape index (κ3) is 1.52. The molecule has 57 valence electrons. The van der Waals surface area contributed by atoms with Crippen molar-refractivity contribution < 1.29 is 9.90 Å². The second kappa shape index (κ2) is 2.93. The molecular formula is C8H6ClO2. The zero-order valence-corrected chi connectivity index (χ0v) is 6.43. The van der Waals surface area contributed by atoms with Crippen molar-refractivity contribution in [3.8, 4) is 0 Å². The molecule has 0 aromatic heterocycles. The largest absolute Gasteiger partial charge is 0.478 e. The van der Waals surface area contributed by atoms with Gasteiger partial charge in [-0.3, -0.25) is 0 Å². The minimum absolute atomic E-state index is 0.0779. The fourth-order valence-electron chi connectivity index (χ4n) is 0.808. The Morgan fingerprint density at radius 3 is 2.55 bits per heavy atom. The van der Waals surface area contributed by atoms with Crippen molar-refractivity contribution in [2.45, 2.75) is 0 Å². The van der Waals surface area contributed by atoms with Gasteiger partial charge in [0.05, 0.1) is 10.6 Å². The molecule has 0 aliphatic heterocycles. The number of hydrogen-bond donors (Lipinski definition) is 1. The second-order valence-corrected chi connectivity index (χ2v) is 2.49. The molecule has 0 unspecified atom stereocenters. The number of rotatable bonds is 1. The third-order valence-corrected chi connectivity index (χ3v) is 1.63. The lowest BCUT2D eigenvalue weighted by molar-refractivity contribution is 0.0696. The first kappa shape index (κ1) is 8.08. The summed E-state index contributed by atoms with van der Waals surface area (Å²) in [5.74, 6) is -1.04. The molecule has 1 rings (SSSR count). The molecule has 0 amide bonds. The fourth-order valence-corrected chi connectivity index (χ4v) is 1.08. The van der Waals surface area contributed by atoms with Crippen LogP contribution in [-0.4, -0.2) is 11.1 Å². The maximum absolute atomic E-state index is 10.5. The summed E-state index contributed by atoms with van der Waals surface area (Å²) in [5.41, 5.74) is 0.513. The summed E-state index contributed by atoms with van der Waals surface area (Å²) in [4.78, 5) is 10.5. The molecule has 0 fully saturated rings. The second-order valence-electron chi connectivity index (χ2n) is 2.08. The van der Waals surface area contributed by atoms with Crippen LogP contribution in [0.5, 0.6) is 0 Å². The molecule has 0 atom stereocenters. The van der Waals surface area contributed by atoms with Crippen LogP contribution in [0.25, 0.3) is 0 Å². The zero-order chi connectivity index (χ0) is 8.43. The van der Waals surface area contributed by atoms with E-state index in [4.69, 9.17) is 16.7 Å². The number of aromatic carboxylic acids is 1. The van der Waals surface area contributed by atoms with E-state index in [0.29, 0.717) is 5.56 Å². The van der Waals surface area contributed by atoms with E-state index in [1.54, 1.807) is 12.1 Å². The number of carboxylic acids is 1. The minimum Gasteiger partial charge on any atom is -0.478 e. The van der Waals surface area contributed by atoms with E-state index in [1.807, 2.05) is 0 Å². The fraction of sp³-hybridized carbons (Fsp3) is 0. The molecule has 0 heterocycles. The summed E-state index contributed by atoms with van der Waals surface area (Å²) in [6.45, 7) is 3.54. The third-order valence-electron chi connectivity index (χ3n) is 1.31. The van der Waals surface area contributed by atoms with Crippen LogP contribution in [0.15, 0.2) is 18.2 Å². The number of benzene rings is 1. The van der Waals surface area contributed by atoms with Gasteiger partial charge in [0.15, 0.2) is 0 Å². The Hall–Kier alpha value is -1.02. The van der Waals surface area contributed by atoms with Gasteiger partial charge in [0, 0.05) is 0 Å². The molecule has 0 bridgehead atoms. The Morgan fingerprint density at radius 2 is 2.18 bits per heavy atom. The van der Waals surface area contributed by atoms with E-state index < -0.39 is 5.97 Å². The molecule has 11 heavy (non-hydrogen) atoms. The van der Waals surface area contributed by atoms with E-state index >= 15 is 0 Å². The quantitative estimate of drug-likeness (QED) is 0.700. The summed E-state index contributed by atoms with van der Waals surface area (Å²) in [6.07, 6.45) is 0. The van der Waals surface area contributed by atoms with Crippen molar-refractivity contribution in [1.29, 1.82) is 0 Å². The molecule has 0 saturated carbocycles. The number of carbonyl (C=O) groups is 1. The van der Waals surface area contributed by atoms with Crippen LogP contribution in [0.1, 0.15) is 15.9 Å². The molecule has 0 spiro atoms. The van der Waals surface area contributed by atoms with Gasteiger partial charge in [0.2, 0.25) is 0 Å². The van der Waals surface area contributed by atoms with E-state index in [0.717, 1.165) is 0 Å². The summed E-state index contributed by atoms with van der Waals surface area (Å²) in [5, 5.41) is 8.85.